The minimum Gasteiger partial charge on any atom is -0.396 e. The van der Waals surface area contributed by atoms with E-state index in [-0.39, 0.29) is 0 Å². The second-order valence-electron chi connectivity index (χ2n) is 5.36. The van der Waals surface area contributed by atoms with Gasteiger partial charge in [-0.1, -0.05) is 33.1 Å². The Bertz CT molecular complexity index is 176. The predicted molar refractivity (Wildman–Crippen MR) is 73.7 cm³/mol. The average Bonchev–Trinajstić information content (AvgIpc) is 2.36. The lowest BCUT2D eigenvalue weighted by Crippen LogP contribution is -2.37. The van der Waals surface area contributed by atoms with E-state index in [1.54, 1.807) is 6.04 Å². The lowest BCUT2D eigenvalue weighted by molar-refractivity contribution is 0.153. The number of nitrogens with zero attached hydrogens (tertiary/aromatic N) is 1. The molecule has 0 aliphatic carbocycles. The molecule has 1 fully saturated rings. The topological polar surface area (TPSA) is 23.5 Å². The number of rotatable bonds is 8. The van der Waals surface area contributed by atoms with Crippen LogP contribution in [0.4, 0.5) is 0 Å². The van der Waals surface area contributed by atoms with Crippen molar-refractivity contribution in [2.24, 2.45) is 5.92 Å². The van der Waals surface area contributed by atoms with E-state index in [1.807, 2.05) is 0 Å². The molecule has 0 aromatic heterocycles. The molecule has 17 heavy (non-hydrogen) atoms. The highest BCUT2D eigenvalue weighted by Crippen LogP contribution is 2.28. The summed E-state index contributed by atoms with van der Waals surface area (Å²) in [6.07, 6.45) is 10.1. The highest BCUT2D eigenvalue weighted by molar-refractivity contribution is 4.91. The van der Waals surface area contributed by atoms with Gasteiger partial charge in [-0.05, 0) is 51.1 Å². The smallest absolute Gasteiger partial charge is 0.0433 e. The molecule has 0 aromatic carbocycles. The molecular formula is C15H30NO. The first-order valence-corrected chi connectivity index (χ1v) is 7.52. The fraction of sp³-hybridized carbons (Fsp3) is 0.933. The van der Waals surface area contributed by atoms with Crippen molar-refractivity contribution in [1.82, 2.24) is 4.90 Å². The number of piperidine rings is 1. The van der Waals surface area contributed by atoms with Gasteiger partial charge < -0.3 is 5.11 Å². The highest BCUT2D eigenvalue weighted by atomic mass is 16.3. The van der Waals surface area contributed by atoms with Crippen LogP contribution in [0.1, 0.15) is 65.2 Å². The Labute approximate surface area is 107 Å². The van der Waals surface area contributed by atoms with Crippen LogP contribution in [0.5, 0.6) is 0 Å². The number of aliphatic hydroxyl groups is 1. The van der Waals surface area contributed by atoms with Gasteiger partial charge in [0, 0.05) is 12.6 Å². The van der Waals surface area contributed by atoms with Crippen molar-refractivity contribution in [3.8, 4) is 0 Å². The first-order valence-electron chi connectivity index (χ1n) is 7.52. The van der Waals surface area contributed by atoms with Crippen molar-refractivity contribution >= 4 is 0 Å². The second-order valence-corrected chi connectivity index (χ2v) is 5.36. The molecule has 2 nitrogen and oxygen atoms in total. The molecule has 1 aliphatic heterocycles. The van der Waals surface area contributed by atoms with Crippen molar-refractivity contribution in [1.29, 1.82) is 0 Å². The number of hydrogen-bond donors (Lipinski definition) is 1. The van der Waals surface area contributed by atoms with Crippen LogP contribution < -0.4 is 0 Å². The van der Waals surface area contributed by atoms with Gasteiger partial charge in [-0.3, -0.25) is 4.90 Å². The second kappa shape index (κ2) is 8.93. The quantitative estimate of drug-likeness (QED) is 0.700. The number of likely N-dealkylation sites (tertiary alicyclic amines) is 1. The van der Waals surface area contributed by atoms with Gasteiger partial charge in [0.25, 0.3) is 0 Å². The van der Waals surface area contributed by atoms with Crippen LogP contribution in [-0.4, -0.2) is 29.7 Å². The summed E-state index contributed by atoms with van der Waals surface area (Å²) in [7, 11) is 0. The zero-order valence-electron chi connectivity index (χ0n) is 11.7. The number of aliphatic hydroxyl groups excluding tert-OH is 1. The van der Waals surface area contributed by atoms with E-state index in [0.29, 0.717) is 6.61 Å². The molecule has 0 saturated carbocycles. The summed E-state index contributed by atoms with van der Waals surface area (Å²) in [6, 6.07) is 1.69. The van der Waals surface area contributed by atoms with E-state index < -0.39 is 0 Å². The molecule has 0 atom stereocenters. The van der Waals surface area contributed by atoms with Gasteiger partial charge in [-0.2, -0.15) is 0 Å². The summed E-state index contributed by atoms with van der Waals surface area (Å²) in [5.41, 5.74) is 0. The molecule has 0 aromatic rings. The normalized spacial score (nSPS) is 19.1. The van der Waals surface area contributed by atoms with Crippen molar-refractivity contribution in [2.75, 3.05) is 19.7 Å². The van der Waals surface area contributed by atoms with Gasteiger partial charge in [0.15, 0.2) is 0 Å². The molecule has 101 valence electrons. The van der Waals surface area contributed by atoms with E-state index in [0.717, 1.165) is 12.3 Å². The molecule has 0 amide bonds. The number of hydrogen-bond acceptors (Lipinski definition) is 2. The van der Waals surface area contributed by atoms with E-state index >= 15 is 0 Å². The lowest BCUT2D eigenvalue weighted by atomic mass is 9.91. The van der Waals surface area contributed by atoms with Gasteiger partial charge in [0.2, 0.25) is 0 Å². The fourth-order valence-corrected chi connectivity index (χ4v) is 2.83. The van der Waals surface area contributed by atoms with Crippen molar-refractivity contribution in [3.63, 3.8) is 0 Å². The SMILES string of the molecule is CCCC[C](CCC)N1CCC(CCO)CC1. The summed E-state index contributed by atoms with van der Waals surface area (Å²) in [6.45, 7) is 7.38. The fourth-order valence-electron chi connectivity index (χ4n) is 2.83. The molecule has 2 heteroatoms. The maximum absolute atomic E-state index is 8.98. The Kier molecular flexibility index (Phi) is 7.87. The van der Waals surface area contributed by atoms with Crippen LogP contribution in [0.25, 0.3) is 0 Å². The van der Waals surface area contributed by atoms with Gasteiger partial charge in [0.05, 0.1) is 0 Å². The van der Waals surface area contributed by atoms with Crippen molar-refractivity contribution in [2.45, 2.75) is 65.2 Å². The van der Waals surface area contributed by atoms with Gasteiger partial charge in [-0.15, -0.1) is 0 Å². The van der Waals surface area contributed by atoms with Crippen molar-refractivity contribution in [3.05, 3.63) is 6.04 Å². The van der Waals surface area contributed by atoms with Crippen molar-refractivity contribution < 1.29 is 5.11 Å². The van der Waals surface area contributed by atoms with Crippen LogP contribution in [0.3, 0.4) is 0 Å². The molecule has 1 aliphatic rings. The first kappa shape index (κ1) is 15.0. The average molecular weight is 240 g/mol. The zero-order valence-corrected chi connectivity index (χ0v) is 11.7. The van der Waals surface area contributed by atoms with Gasteiger partial charge in [-0.25, -0.2) is 0 Å². The third-order valence-corrected chi connectivity index (χ3v) is 3.96. The highest BCUT2D eigenvalue weighted by Gasteiger charge is 2.24. The third-order valence-electron chi connectivity index (χ3n) is 3.96. The molecule has 0 bridgehead atoms. The Morgan fingerprint density at radius 1 is 1.12 bits per heavy atom. The van der Waals surface area contributed by atoms with E-state index in [1.165, 1.54) is 58.0 Å². The molecule has 1 N–H and O–H groups in total. The number of unbranched alkanes of at least 4 members (excludes halogenated alkanes) is 1. The third kappa shape index (κ3) is 5.39. The summed E-state index contributed by atoms with van der Waals surface area (Å²) in [4.78, 5) is 2.63. The molecule has 1 radical (unpaired) electrons. The molecule has 1 rings (SSSR count). The van der Waals surface area contributed by atoms with Crippen LogP contribution in [0.15, 0.2) is 0 Å². The predicted octanol–water partition coefficient (Wildman–Crippen LogP) is 3.60. The van der Waals surface area contributed by atoms with E-state index in [2.05, 4.69) is 18.7 Å². The summed E-state index contributed by atoms with van der Waals surface area (Å²) in [5.74, 6) is 0.769. The summed E-state index contributed by atoms with van der Waals surface area (Å²) in [5, 5.41) is 8.98. The van der Waals surface area contributed by atoms with E-state index in [4.69, 9.17) is 5.11 Å². The molecule has 0 spiro atoms. The Hall–Kier alpha value is -0.0800. The maximum Gasteiger partial charge on any atom is 0.0433 e. The Morgan fingerprint density at radius 3 is 2.35 bits per heavy atom. The minimum atomic E-state index is 0.367. The zero-order chi connectivity index (χ0) is 12.5. The van der Waals surface area contributed by atoms with E-state index in [9.17, 15) is 0 Å². The maximum atomic E-state index is 8.98. The van der Waals surface area contributed by atoms with Crippen LogP contribution in [0.2, 0.25) is 0 Å². The van der Waals surface area contributed by atoms with Crippen LogP contribution in [0, 0.1) is 12.0 Å². The standard InChI is InChI=1S/C15H30NO/c1-3-5-7-15(6-4-2)16-11-8-14(9-12-16)10-13-17/h14,17H,3-13H2,1-2H3. The van der Waals surface area contributed by atoms with Crippen LogP contribution >= 0.6 is 0 Å². The lowest BCUT2D eigenvalue weighted by Gasteiger charge is -2.37. The Balaban J connectivity index is 2.31. The largest absolute Gasteiger partial charge is 0.396 e. The van der Waals surface area contributed by atoms with Crippen LogP contribution in [-0.2, 0) is 0 Å². The summed E-state index contributed by atoms with van der Waals surface area (Å²) >= 11 is 0. The van der Waals surface area contributed by atoms with Gasteiger partial charge >= 0.3 is 0 Å². The monoisotopic (exact) mass is 240 g/mol. The Morgan fingerprint density at radius 2 is 1.82 bits per heavy atom. The minimum absolute atomic E-state index is 0.367. The summed E-state index contributed by atoms with van der Waals surface area (Å²) < 4.78 is 0. The molecule has 1 heterocycles. The molecule has 1 saturated heterocycles. The van der Waals surface area contributed by atoms with Gasteiger partial charge in [0.1, 0.15) is 0 Å². The first-order chi connectivity index (χ1) is 8.31. The molecular weight excluding hydrogens is 210 g/mol. The molecule has 0 unspecified atom stereocenters.